The molecule has 2 atom stereocenters. The minimum absolute atomic E-state index is 0.847. The average molecular weight is 353 g/mol. The fourth-order valence-corrected chi connectivity index (χ4v) is 3.00. The van der Waals surface area contributed by atoms with E-state index in [1.165, 1.54) is 57.9 Å². The third-order valence-corrected chi connectivity index (χ3v) is 3.91. The summed E-state index contributed by atoms with van der Waals surface area (Å²) in [7, 11) is 2.16. The van der Waals surface area contributed by atoms with Crippen LogP contribution in [0.3, 0.4) is 0 Å². The first-order chi connectivity index (χ1) is 8.06. The van der Waals surface area contributed by atoms with Crippen molar-refractivity contribution in [1.29, 1.82) is 0 Å². The summed E-state index contributed by atoms with van der Waals surface area (Å²) < 4.78 is 2.28. The lowest BCUT2D eigenvalue weighted by molar-refractivity contribution is 0.370. The SMILES string of the molecule is CCCCCCC[C@@H](C)CCC(C)CN(C)I. The minimum Gasteiger partial charge on any atom is -0.250 e. The molecule has 0 aliphatic heterocycles. The summed E-state index contributed by atoms with van der Waals surface area (Å²) in [6.07, 6.45) is 11.4. The molecule has 104 valence electrons. The molecule has 0 aromatic heterocycles. The zero-order valence-corrected chi connectivity index (χ0v) is 14.5. The number of unbranched alkanes of at least 4 members (excludes halogenated alkanes) is 4. The molecule has 0 radical (unpaired) electrons. The van der Waals surface area contributed by atoms with Gasteiger partial charge in [0.15, 0.2) is 0 Å². The molecule has 1 unspecified atom stereocenters. The molecule has 0 amide bonds. The molecule has 0 aliphatic carbocycles. The molecule has 0 heterocycles. The van der Waals surface area contributed by atoms with Gasteiger partial charge in [-0.05, 0) is 25.3 Å². The normalized spacial score (nSPS) is 15.2. The van der Waals surface area contributed by atoms with Gasteiger partial charge >= 0.3 is 0 Å². The molecule has 0 aromatic carbocycles. The molecule has 17 heavy (non-hydrogen) atoms. The number of hydrogen-bond acceptors (Lipinski definition) is 1. The number of hydrogen-bond donors (Lipinski definition) is 0. The molecule has 0 aromatic rings. The first kappa shape index (κ1) is 17.7. The van der Waals surface area contributed by atoms with Crippen molar-refractivity contribution in [2.45, 2.75) is 72.1 Å². The predicted molar refractivity (Wildman–Crippen MR) is 87.6 cm³/mol. The summed E-state index contributed by atoms with van der Waals surface area (Å²) in [5.74, 6) is 1.78. The second-order valence-corrected chi connectivity index (χ2v) is 7.43. The van der Waals surface area contributed by atoms with Crippen LogP contribution in [0.15, 0.2) is 0 Å². The van der Waals surface area contributed by atoms with E-state index in [0.717, 1.165) is 11.8 Å². The van der Waals surface area contributed by atoms with Gasteiger partial charge in [-0.15, -0.1) is 0 Å². The van der Waals surface area contributed by atoms with Gasteiger partial charge in [-0.2, -0.15) is 0 Å². The molecule has 0 N–H and O–H groups in total. The largest absolute Gasteiger partial charge is 0.250 e. The van der Waals surface area contributed by atoms with Gasteiger partial charge in [-0.1, -0.05) is 65.7 Å². The van der Waals surface area contributed by atoms with Gasteiger partial charge in [0.2, 0.25) is 0 Å². The monoisotopic (exact) mass is 353 g/mol. The van der Waals surface area contributed by atoms with Gasteiger partial charge < -0.3 is 0 Å². The van der Waals surface area contributed by atoms with Gasteiger partial charge in [0.05, 0.1) is 0 Å². The van der Waals surface area contributed by atoms with Crippen molar-refractivity contribution in [2.24, 2.45) is 11.8 Å². The van der Waals surface area contributed by atoms with Crippen molar-refractivity contribution in [2.75, 3.05) is 13.6 Å². The Bertz CT molecular complexity index is 159. The van der Waals surface area contributed by atoms with Crippen LogP contribution in [-0.4, -0.2) is 16.7 Å². The second-order valence-electron chi connectivity index (χ2n) is 5.78. The number of rotatable bonds is 11. The summed E-state index contributed by atoms with van der Waals surface area (Å²) in [6.45, 7) is 8.32. The third-order valence-electron chi connectivity index (χ3n) is 3.52. The molecule has 2 heteroatoms. The van der Waals surface area contributed by atoms with Gasteiger partial charge in [-0.25, -0.2) is 0 Å². The first-order valence-electron chi connectivity index (χ1n) is 7.43. The highest BCUT2D eigenvalue weighted by atomic mass is 127. The molecule has 0 bridgehead atoms. The average Bonchev–Trinajstić information content (AvgIpc) is 2.25. The van der Waals surface area contributed by atoms with Crippen LogP contribution in [-0.2, 0) is 0 Å². The summed E-state index contributed by atoms with van der Waals surface area (Å²) in [4.78, 5) is 0. The van der Waals surface area contributed by atoms with E-state index in [2.05, 4.69) is 53.8 Å². The zero-order chi connectivity index (χ0) is 13.1. The Morgan fingerprint density at radius 3 is 2.06 bits per heavy atom. The highest BCUT2D eigenvalue weighted by molar-refractivity contribution is 14.1. The molecule has 0 saturated heterocycles. The maximum Gasteiger partial charge on any atom is 0.0198 e. The van der Waals surface area contributed by atoms with Crippen molar-refractivity contribution >= 4 is 22.9 Å². The minimum atomic E-state index is 0.847. The van der Waals surface area contributed by atoms with Crippen molar-refractivity contribution in [3.63, 3.8) is 0 Å². The van der Waals surface area contributed by atoms with Gasteiger partial charge in [-0.3, -0.25) is 3.11 Å². The molecular weight excluding hydrogens is 321 g/mol. The van der Waals surface area contributed by atoms with Crippen molar-refractivity contribution < 1.29 is 0 Å². The van der Waals surface area contributed by atoms with E-state index in [1.807, 2.05) is 0 Å². The van der Waals surface area contributed by atoms with Crippen molar-refractivity contribution in [3.8, 4) is 0 Å². The van der Waals surface area contributed by atoms with Crippen molar-refractivity contribution in [1.82, 2.24) is 3.11 Å². The van der Waals surface area contributed by atoms with E-state index in [-0.39, 0.29) is 0 Å². The Morgan fingerprint density at radius 2 is 1.47 bits per heavy atom. The quantitative estimate of drug-likeness (QED) is 0.262. The second kappa shape index (κ2) is 11.8. The van der Waals surface area contributed by atoms with Crippen LogP contribution in [0.25, 0.3) is 0 Å². The molecule has 0 rings (SSSR count). The summed E-state index contributed by atoms with van der Waals surface area (Å²) in [5, 5.41) is 0. The Morgan fingerprint density at radius 1 is 0.882 bits per heavy atom. The fraction of sp³-hybridized carbons (Fsp3) is 1.00. The van der Waals surface area contributed by atoms with E-state index < -0.39 is 0 Å². The van der Waals surface area contributed by atoms with Crippen LogP contribution in [0.4, 0.5) is 0 Å². The summed E-state index contributed by atoms with van der Waals surface area (Å²) in [6, 6.07) is 0. The van der Waals surface area contributed by atoms with Crippen molar-refractivity contribution in [3.05, 3.63) is 0 Å². The Kier molecular flexibility index (Phi) is 12.2. The number of halogens is 1. The number of nitrogens with zero attached hydrogens (tertiary/aromatic N) is 1. The topological polar surface area (TPSA) is 3.24 Å². The predicted octanol–water partition coefficient (Wildman–Crippen LogP) is 5.68. The molecule has 0 aliphatic rings. The molecule has 0 saturated carbocycles. The maximum atomic E-state index is 2.43. The summed E-state index contributed by atoms with van der Waals surface area (Å²) in [5.41, 5.74) is 0. The Labute approximate surface area is 123 Å². The lowest BCUT2D eigenvalue weighted by atomic mass is 9.93. The molecule has 0 spiro atoms. The highest BCUT2D eigenvalue weighted by Crippen LogP contribution is 2.19. The first-order valence-corrected chi connectivity index (χ1v) is 8.39. The zero-order valence-electron chi connectivity index (χ0n) is 12.3. The third kappa shape index (κ3) is 12.9. The lowest BCUT2D eigenvalue weighted by Crippen LogP contribution is -2.15. The Hall–Kier alpha value is 0.690. The van der Waals surface area contributed by atoms with E-state index in [4.69, 9.17) is 0 Å². The molecule has 0 fully saturated rings. The van der Waals surface area contributed by atoms with Crippen LogP contribution in [0.5, 0.6) is 0 Å². The molecular formula is C15H32IN. The van der Waals surface area contributed by atoms with Crippen LogP contribution in [0, 0.1) is 11.8 Å². The van der Waals surface area contributed by atoms with Crippen LogP contribution < -0.4 is 0 Å². The van der Waals surface area contributed by atoms with Gasteiger partial charge in [0.25, 0.3) is 0 Å². The fourth-order valence-electron chi connectivity index (χ4n) is 2.33. The molecule has 1 nitrogen and oxygen atoms in total. The van der Waals surface area contributed by atoms with Crippen LogP contribution >= 0.6 is 22.9 Å². The lowest BCUT2D eigenvalue weighted by Gasteiger charge is -2.17. The van der Waals surface area contributed by atoms with Gasteiger partial charge in [0, 0.05) is 29.4 Å². The van der Waals surface area contributed by atoms with E-state index in [0.29, 0.717) is 0 Å². The summed E-state index contributed by atoms with van der Waals surface area (Å²) >= 11 is 2.38. The van der Waals surface area contributed by atoms with Crippen LogP contribution in [0.1, 0.15) is 72.1 Å². The maximum absolute atomic E-state index is 2.43. The van der Waals surface area contributed by atoms with E-state index >= 15 is 0 Å². The van der Waals surface area contributed by atoms with E-state index in [9.17, 15) is 0 Å². The van der Waals surface area contributed by atoms with E-state index in [1.54, 1.807) is 0 Å². The highest BCUT2D eigenvalue weighted by Gasteiger charge is 2.08. The van der Waals surface area contributed by atoms with Crippen LogP contribution in [0.2, 0.25) is 0 Å². The Balaban J connectivity index is 3.36. The standard InChI is InChI=1S/C15H32IN/c1-5-6-7-8-9-10-14(2)11-12-15(3)13-17(4)16/h14-15H,5-13H2,1-4H3/t14-,15?/m1/s1. The smallest absolute Gasteiger partial charge is 0.0198 e. The van der Waals surface area contributed by atoms with Gasteiger partial charge in [0.1, 0.15) is 0 Å².